The van der Waals surface area contributed by atoms with Crippen LogP contribution in [0.2, 0.25) is 0 Å². The molecule has 2 aromatic heterocycles. The molecule has 0 saturated carbocycles. The van der Waals surface area contributed by atoms with Crippen LogP contribution in [0.25, 0.3) is 32.9 Å². The predicted molar refractivity (Wildman–Crippen MR) is 116 cm³/mol. The number of hydrogen-bond acceptors (Lipinski definition) is 6. The van der Waals surface area contributed by atoms with Crippen LogP contribution < -0.4 is 15.0 Å². The third kappa shape index (κ3) is 3.20. The number of likely N-dealkylation sites (N-methyl/N-ethyl adjacent to an activating group) is 1. The van der Waals surface area contributed by atoms with Gasteiger partial charge in [-0.3, -0.25) is 4.98 Å². The zero-order chi connectivity index (χ0) is 22.4. The molecule has 1 aliphatic rings. The number of benzene rings is 2. The van der Waals surface area contributed by atoms with Gasteiger partial charge in [-0.05, 0) is 24.4 Å². The van der Waals surface area contributed by atoms with E-state index in [1.807, 2.05) is 11.9 Å². The van der Waals surface area contributed by atoms with E-state index >= 15 is 4.39 Å². The number of methoxy groups -OCH3 is 1. The quantitative estimate of drug-likeness (QED) is 0.517. The largest absolute Gasteiger partial charge is 0.467 e. The molecule has 0 aliphatic carbocycles. The molecule has 4 aromatic rings. The highest BCUT2D eigenvalue weighted by molar-refractivity contribution is 5.99. The summed E-state index contributed by atoms with van der Waals surface area (Å²) in [6, 6.07) is 7.47. The van der Waals surface area contributed by atoms with Crippen molar-refractivity contribution in [2.24, 2.45) is 0 Å². The van der Waals surface area contributed by atoms with Crippen LogP contribution in [-0.4, -0.2) is 48.2 Å². The lowest BCUT2D eigenvalue weighted by atomic mass is 10.00. The molecule has 1 fully saturated rings. The molecule has 6 nitrogen and oxygen atoms in total. The molecule has 2 aromatic carbocycles. The van der Waals surface area contributed by atoms with Gasteiger partial charge in [0.25, 0.3) is 0 Å². The maximum absolute atomic E-state index is 15.8. The van der Waals surface area contributed by atoms with E-state index in [1.54, 1.807) is 12.1 Å². The minimum atomic E-state index is -1.05. The number of fused-ring (bicyclic) bond motifs is 2. The number of hydrogen-bond donors (Lipinski definition) is 1. The zero-order valence-corrected chi connectivity index (χ0v) is 17.5. The Morgan fingerprint density at radius 3 is 2.69 bits per heavy atom. The highest BCUT2D eigenvalue weighted by atomic mass is 19.2. The minimum absolute atomic E-state index is 0.00321. The molecule has 1 N–H and O–H groups in total. The molecule has 1 aliphatic heterocycles. The molecule has 0 spiro atoms. The number of nitrogens with zero attached hydrogens (tertiary/aromatic N) is 4. The van der Waals surface area contributed by atoms with Crippen LogP contribution in [0.1, 0.15) is 6.42 Å². The fourth-order valence-electron chi connectivity index (χ4n) is 4.22. The molecule has 5 rings (SSSR count). The van der Waals surface area contributed by atoms with Gasteiger partial charge in [0.1, 0.15) is 17.0 Å². The highest BCUT2D eigenvalue weighted by Gasteiger charge is 2.26. The van der Waals surface area contributed by atoms with Gasteiger partial charge in [-0.15, -0.1) is 0 Å². The fraction of sp³-hybridized carbons (Fsp3) is 0.261. The number of anilines is 1. The van der Waals surface area contributed by atoms with Crippen molar-refractivity contribution in [3.63, 3.8) is 0 Å². The predicted octanol–water partition coefficient (Wildman–Crippen LogP) is 4.07. The Labute approximate surface area is 182 Å². The van der Waals surface area contributed by atoms with Crippen LogP contribution >= 0.6 is 0 Å². The monoisotopic (exact) mass is 439 g/mol. The number of rotatable bonds is 4. The summed E-state index contributed by atoms with van der Waals surface area (Å²) in [6.45, 7) is 1.66. The van der Waals surface area contributed by atoms with Gasteiger partial charge in [-0.2, -0.15) is 9.97 Å². The van der Waals surface area contributed by atoms with Crippen molar-refractivity contribution in [2.45, 2.75) is 12.5 Å². The van der Waals surface area contributed by atoms with E-state index in [9.17, 15) is 8.78 Å². The molecule has 1 saturated heterocycles. The highest BCUT2D eigenvalue weighted by Crippen LogP contribution is 2.36. The molecule has 3 heterocycles. The maximum atomic E-state index is 15.8. The molecule has 164 valence electrons. The van der Waals surface area contributed by atoms with E-state index in [0.717, 1.165) is 25.6 Å². The van der Waals surface area contributed by atoms with Crippen molar-refractivity contribution >= 4 is 27.5 Å². The Hall–Kier alpha value is -3.46. The second-order valence-electron chi connectivity index (χ2n) is 7.74. The summed E-state index contributed by atoms with van der Waals surface area (Å²) in [6.07, 6.45) is 2.39. The van der Waals surface area contributed by atoms with Crippen LogP contribution in [0.3, 0.4) is 0 Å². The average Bonchev–Trinajstić information content (AvgIpc) is 3.35. The third-order valence-corrected chi connectivity index (χ3v) is 5.93. The van der Waals surface area contributed by atoms with E-state index in [-0.39, 0.29) is 34.2 Å². The van der Waals surface area contributed by atoms with Crippen LogP contribution in [0.15, 0.2) is 36.5 Å². The van der Waals surface area contributed by atoms with Crippen molar-refractivity contribution in [3.8, 4) is 17.3 Å². The van der Waals surface area contributed by atoms with Gasteiger partial charge in [-0.1, -0.05) is 24.3 Å². The first-order valence-corrected chi connectivity index (χ1v) is 10.2. The van der Waals surface area contributed by atoms with Gasteiger partial charge in [-0.25, -0.2) is 13.2 Å². The lowest BCUT2D eigenvalue weighted by molar-refractivity contribution is 0.381. The summed E-state index contributed by atoms with van der Waals surface area (Å²) in [7, 11) is 3.29. The Kier molecular flexibility index (Phi) is 5.05. The van der Waals surface area contributed by atoms with Gasteiger partial charge >= 0.3 is 6.01 Å². The molecule has 1 unspecified atom stereocenters. The van der Waals surface area contributed by atoms with Gasteiger partial charge in [0.2, 0.25) is 0 Å². The van der Waals surface area contributed by atoms with E-state index < -0.39 is 17.5 Å². The standard InChI is InChI=1S/C23H20F3N5O/c1-31(13-8-9-27-10-13)22-15-11-28-20(19(26)21(15)29-23(30-22)32-2)14-5-3-4-12-6-7-16(24)18(25)17(12)14/h3-7,11,13,27H,8-10H2,1-2H3. The number of pyridine rings is 1. The smallest absolute Gasteiger partial charge is 0.318 e. The minimum Gasteiger partial charge on any atom is -0.467 e. The summed E-state index contributed by atoms with van der Waals surface area (Å²) in [5.41, 5.74) is 0.0272. The van der Waals surface area contributed by atoms with Gasteiger partial charge in [0, 0.05) is 36.8 Å². The second kappa shape index (κ2) is 7.90. The van der Waals surface area contributed by atoms with Crippen LogP contribution in [0, 0.1) is 17.5 Å². The SMILES string of the molecule is COc1nc(N(C)C2CCNC2)c2cnc(-c3cccc4ccc(F)c(F)c34)c(F)c2n1. The lowest BCUT2D eigenvalue weighted by Crippen LogP contribution is -2.34. The molecule has 1 atom stereocenters. The van der Waals surface area contributed by atoms with Crippen molar-refractivity contribution in [3.05, 3.63) is 54.0 Å². The molecule has 32 heavy (non-hydrogen) atoms. The van der Waals surface area contributed by atoms with Crippen LogP contribution in [-0.2, 0) is 0 Å². The van der Waals surface area contributed by atoms with Crippen molar-refractivity contribution in [1.29, 1.82) is 0 Å². The van der Waals surface area contributed by atoms with Gasteiger partial charge in [0.05, 0.1) is 12.5 Å². The molecule has 9 heteroatoms. The molecule has 0 bridgehead atoms. The van der Waals surface area contributed by atoms with E-state index in [1.165, 1.54) is 25.4 Å². The normalized spacial score (nSPS) is 16.1. The summed E-state index contributed by atoms with van der Waals surface area (Å²) in [5.74, 6) is -2.31. The Balaban J connectivity index is 1.75. The first kappa shape index (κ1) is 20.4. The first-order chi connectivity index (χ1) is 15.5. The zero-order valence-electron chi connectivity index (χ0n) is 17.5. The fourth-order valence-corrected chi connectivity index (χ4v) is 4.22. The molecule has 0 radical (unpaired) electrons. The topological polar surface area (TPSA) is 63.2 Å². The number of nitrogens with one attached hydrogen (secondary N) is 1. The summed E-state index contributed by atoms with van der Waals surface area (Å²) in [5, 5.41) is 4.11. The molecule has 0 amide bonds. The summed E-state index contributed by atoms with van der Waals surface area (Å²) < 4.78 is 49.6. The summed E-state index contributed by atoms with van der Waals surface area (Å²) in [4.78, 5) is 14.9. The van der Waals surface area contributed by atoms with Gasteiger partial charge in [0.15, 0.2) is 17.5 Å². The third-order valence-electron chi connectivity index (χ3n) is 5.93. The van der Waals surface area contributed by atoms with E-state index in [4.69, 9.17) is 4.74 Å². The van der Waals surface area contributed by atoms with E-state index in [2.05, 4.69) is 20.3 Å². The van der Waals surface area contributed by atoms with E-state index in [0.29, 0.717) is 16.6 Å². The Morgan fingerprint density at radius 2 is 1.94 bits per heavy atom. The molecular weight excluding hydrogens is 419 g/mol. The Morgan fingerprint density at radius 1 is 1.09 bits per heavy atom. The van der Waals surface area contributed by atoms with Crippen molar-refractivity contribution in [1.82, 2.24) is 20.3 Å². The maximum Gasteiger partial charge on any atom is 0.318 e. The second-order valence-corrected chi connectivity index (χ2v) is 7.74. The molecular formula is C23H20F3N5O. The number of halogens is 3. The Bertz CT molecular complexity index is 1340. The number of ether oxygens (including phenoxy) is 1. The van der Waals surface area contributed by atoms with Crippen LogP contribution in [0.4, 0.5) is 19.0 Å². The number of aromatic nitrogens is 3. The first-order valence-electron chi connectivity index (χ1n) is 10.2. The van der Waals surface area contributed by atoms with Crippen LogP contribution in [0.5, 0.6) is 6.01 Å². The average molecular weight is 439 g/mol. The lowest BCUT2D eigenvalue weighted by Gasteiger charge is -2.26. The van der Waals surface area contributed by atoms with Gasteiger partial charge < -0.3 is 15.0 Å². The summed E-state index contributed by atoms with van der Waals surface area (Å²) >= 11 is 0. The van der Waals surface area contributed by atoms with Crippen molar-refractivity contribution < 1.29 is 17.9 Å². The van der Waals surface area contributed by atoms with Crippen molar-refractivity contribution in [2.75, 3.05) is 32.1 Å².